The van der Waals surface area contributed by atoms with E-state index < -0.39 is 0 Å². The summed E-state index contributed by atoms with van der Waals surface area (Å²) < 4.78 is 13.3. The molecular formula is C16H23FN2O. The molecule has 1 aliphatic heterocycles. The van der Waals surface area contributed by atoms with Crippen molar-refractivity contribution in [2.24, 2.45) is 0 Å². The lowest BCUT2D eigenvalue weighted by atomic mass is 9.84. The minimum atomic E-state index is -0.277. The Morgan fingerprint density at radius 3 is 2.95 bits per heavy atom. The van der Waals surface area contributed by atoms with Gasteiger partial charge in [-0.1, -0.05) is 26.0 Å². The molecule has 1 unspecified atom stereocenters. The lowest BCUT2D eigenvalue weighted by Gasteiger charge is -2.26. The third-order valence-electron chi connectivity index (χ3n) is 3.93. The summed E-state index contributed by atoms with van der Waals surface area (Å²) >= 11 is 0. The van der Waals surface area contributed by atoms with E-state index in [4.69, 9.17) is 0 Å². The van der Waals surface area contributed by atoms with Crippen molar-refractivity contribution < 1.29 is 9.18 Å². The monoisotopic (exact) mass is 278 g/mol. The summed E-state index contributed by atoms with van der Waals surface area (Å²) in [6.07, 6.45) is 2.74. The molecule has 1 heterocycles. The molecule has 1 amide bonds. The summed E-state index contributed by atoms with van der Waals surface area (Å²) in [5, 5.41) is 6.28. The molecule has 1 saturated heterocycles. The fourth-order valence-corrected chi connectivity index (χ4v) is 2.56. The van der Waals surface area contributed by atoms with Gasteiger partial charge in [-0.05, 0) is 37.1 Å². The van der Waals surface area contributed by atoms with Crippen LogP contribution < -0.4 is 10.6 Å². The number of hydrogen-bond donors (Lipinski definition) is 2. The Morgan fingerprint density at radius 1 is 1.50 bits per heavy atom. The number of carbonyl (C=O) groups is 1. The number of rotatable bonds is 5. The van der Waals surface area contributed by atoms with Crippen LogP contribution in [-0.2, 0) is 10.2 Å². The Balaban J connectivity index is 1.86. The van der Waals surface area contributed by atoms with Gasteiger partial charge in [-0.3, -0.25) is 4.79 Å². The molecule has 4 heteroatoms. The van der Waals surface area contributed by atoms with E-state index in [2.05, 4.69) is 10.6 Å². The van der Waals surface area contributed by atoms with Crippen molar-refractivity contribution in [3.63, 3.8) is 0 Å². The first-order valence-corrected chi connectivity index (χ1v) is 7.23. The van der Waals surface area contributed by atoms with E-state index in [-0.39, 0.29) is 17.1 Å². The zero-order valence-corrected chi connectivity index (χ0v) is 12.2. The Morgan fingerprint density at radius 2 is 2.30 bits per heavy atom. The van der Waals surface area contributed by atoms with Crippen molar-refractivity contribution in [2.75, 3.05) is 13.1 Å². The smallest absolute Gasteiger partial charge is 0.221 e. The molecule has 3 nitrogen and oxygen atoms in total. The number of halogens is 1. The van der Waals surface area contributed by atoms with Crippen LogP contribution in [0.25, 0.3) is 0 Å². The highest BCUT2D eigenvalue weighted by molar-refractivity contribution is 5.76. The number of nitrogens with one attached hydrogen (secondary N) is 2. The van der Waals surface area contributed by atoms with Crippen LogP contribution in [0.3, 0.4) is 0 Å². The van der Waals surface area contributed by atoms with Crippen molar-refractivity contribution in [3.8, 4) is 0 Å². The minimum absolute atomic E-state index is 0.0638. The largest absolute Gasteiger partial charge is 0.355 e. The quantitative estimate of drug-likeness (QED) is 0.868. The van der Waals surface area contributed by atoms with Crippen LogP contribution in [0.1, 0.15) is 38.7 Å². The molecule has 0 aromatic heterocycles. The molecule has 1 aliphatic rings. The molecule has 20 heavy (non-hydrogen) atoms. The standard InChI is InChI=1S/C16H23FN2O/c1-16(2,12-5-3-6-13(17)9-12)11-19-15(20)10-14-7-4-8-18-14/h3,5-6,9,14,18H,4,7-8,10-11H2,1-2H3,(H,19,20). The molecule has 110 valence electrons. The summed E-state index contributed by atoms with van der Waals surface area (Å²) in [5.41, 5.74) is 0.623. The fraction of sp³-hybridized carbons (Fsp3) is 0.562. The maximum Gasteiger partial charge on any atom is 0.221 e. The number of carbonyl (C=O) groups excluding carboxylic acids is 1. The first-order valence-electron chi connectivity index (χ1n) is 7.23. The van der Waals surface area contributed by atoms with E-state index >= 15 is 0 Å². The Kier molecular flexibility index (Phi) is 4.76. The van der Waals surface area contributed by atoms with Crippen LogP contribution >= 0.6 is 0 Å². The van der Waals surface area contributed by atoms with Crippen molar-refractivity contribution in [2.45, 2.75) is 44.6 Å². The van der Waals surface area contributed by atoms with Gasteiger partial charge in [0.1, 0.15) is 5.82 Å². The highest BCUT2D eigenvalue weighted by Gasteiger charge is 2.23. The van der Waals surface area contributed by atoms with Gasteiger partial charge in [0.15, 0.2) is 0 Å². The minimum Gasteiger partial charge on any atom is -0.355 e. The number of benzene rings is 1. The predicted octanol–water partition coefficient (Wildman–Crippen LogP) is 2.36. The molecule has 1 atom stereocenters. The highest BCUT2D eigenvalue weighted by Crippen LogP contribution is 2.23. The lowest BCUT2D eigenvalue weighted by molar-refractivity contribution is -0.121. The van der Waals surface area contributed by atoms with Crippen LogP contribution in [0.15, 0.2) is 24.3 Å². The summed E-state index contributed by atoms with van der Waals surface area (Å²) in [6, 6.07) is 6.88. The van der Waals surface area contributed by atoms with Crippen molar-refractivity contribution in [1.29, 1.82) is 0 Å². The third kappa shape index (κ3) is 4.04. The Hall–Kier alpha value is -1.42. The van der Waals surface area contributed by atoms with Crippen LogP contribution in [0, 0.1) is 5.82 Å². The van der Waals surface area contributed by atoms with Gasteiger partial charge in [-0.15, -0.1) is 0 Å². The van der Waals surface area contributed by atoms with Crippen molar-refractivity contribution in [1.82, 2.24) is 10.6 Å². The molecule has 2 rings (SSSR count). The van der Waals surface area contributed by atoms with E-state index in [1.807, 2.05) is 19.9 Å². The molecule has 1 aromatic rings. The Bertz CT molecular complexity index is 467. The van der Waals surface area contributed by atoms with Crippen LogP contribution in [0.2, 0.25) is 0 Å². The van der Waals surface area contributed by atoms with E-state index in [0.717, 1.165) is 24.9 Å². The van der Waals surface area contributed by atoms with Gasteiger partial charge < -0.3 is 10.6 Å². The third-order valence-corrected chi connectivity index (χ3v) is 3.93. The second kappa shape index (κ2) is 6.35. The zero-order chi connectivity index (χ0) is 14.6. The fourth-order valence-electron chi connectivity index (χ4n) is 2.56. The summed E-state index contributed by atoms with van der Waals surface area (Å²) in [4.78, 5) is 11.9. The first-order chi connectivity index (χ1) is 9.47. The highest BCUT2D eigenvalue weighted by atomic mass is 19.1. The van der Waals surface area contributed by atoms with Crippen LogP contribution in [0.4, 0.5) is 4.39 Å². The van der Waals surface area contributed by atoms with E-state index in [0.29, 0.717) is 19.0 Å². The van der Waals surface area contributed by atoms with Crippen LogP contribution in [0.5, 0.6) is 0 Å². The molecule has 1 aromatic carbocycles. The van der Waals surface area contributed by atoms with Gasteiger partial charge in [-0.25, -0.2) is 4.39 Å². The summed E-state index contributed by atoms with van der Waals surface area (Å²) in [6.45, 7) is 5.54. The normalized spacial score (nSPS) is 19.1. The van der Waals surface area contributed by atoms with Gasteiger partial charge in [0, 0.05) is 24.4 Å². The topological polar surface area (TPSA) is 41.1 Å². The number of amides is 1. The molecular weight excluding hydrogens is 255 g/mol. The predicted molar refractivity (Wildman–Crippen MR) is 78.1 cm³/mol. The first kappa shape index (κ1) is 15.0. The van der Waals surface area contributed by atoms with Gasteiger partial charge >= 0.3 is 0 Å². The van der Waals surface area contributed by atoms with Gasteiger partial charge in [0.2, 0.25) is 5.91 Å². The Labute approximate surface area is 120 Å². The van der Waals surface area contributed by atoms with Crippen molar-refractivity contribution >= 4 is 5.91 Å². The molecule has 0 radical (unpaired) electrons. The molecule has 2 N–H and O–H groups in total. The molecule has 0 aliphatic carbocycles. The maximum absolute atomic E-state index is 13.3. The average molecular weight is 278 g/mol. The molecule has 0 spiro atoms. The summed E-state index contributed by atoms with van der Waals surface area (Å²) in [7, 11) is 0. The molecule has 1 fully saturated rings. The average Bonchev–Trinajstić information content (AvgIpc) is 2.89. The maximum atomic E-state index is 13.3. The van der Waals surface area contributed by atoms with E-state index in [1.54, 1.807) is 6.07 Å². The summed E-state index contributed by atoms with van der Waals surface area (Å²) in [5.74, 6) is -0.175. The zero-order valence-electron chi connectivity index (χ0n) is 12.2. The van der Waals surface area contributed by atoms with Crippen LogP contribution in [-0.4, -0.2) is 25.0 Å². The SMILES string of the molecule is CC(C)(CNC(=O)CC1CCCN1)c1cccc(F)c1. The molecule has 0 saturated carbocycles. The second-order valence-corrected chi connectivity index (χ2v) is 6.17. The van der Waals surface area contributed by atoms with E-state index in [9.17, 15) is 9.18 Å². The lowest BCUT2D eigenvalue weighted by Crippen LogP contribution is -2.39. The van der Waals surface area contributed by atoms with Gasteiger partial charge in [-0.2, -0.15) is 0 Å². The second-order valence-electron chi connectivity index (χ2n) is 6.17. The van der Waals surface area contributed by atoms with Gasteiger partial charge in [0.05, 0.1) is 0 Å². The molecule has 0 bridgehead atoms. The van der Waals surface area contributed by atoms with Gasteiger partial charge in [0.25, 0.3) is 0 Å². The number of hydrogen-bond acceptors (Lipinski definition) is 2. The van der Waals surface area contributed by atoms with E-state index in [1.165, 1.54) is 12.1 Å². The van der Waals surface area contributed by atoms with Crippen molar-refractivity contribution in [3.05, 3.63) is 35.6 Å².